The zero-order valence-corrected chi connectivity index (χ0v) is 14.1. The summed E-state index contributed by atoms with van der Waals surface area (Å²) in [6, 6.07) is 14.5. The summed E-state index contributed by atoms with van der Waals surface area (Å²) in [5, 5.41) is 7.10. The van der Waals surface area contributed by atoms with Crippen molar-refractivity contribution < 1.29 is 0 Å². The van der Waals surface area contributed by atoms with Gasteiger partial charge in [0.05, 0.1) is 17.9 Å². The molecule has 1 aromatic heterocycles. The van der Waals surface area contributed by atoms with Gasteiger partial charge in [-0.25, -0.2) is 4.98 Å². The van der Waals surface area contributed by atoms with Crippen molar-refractivity contribution in [2.75, 3.05) is 23.3 Å². The quantitative estimate of drug-likeness (QED) is 0.838. The van der Waals surface area contributed by atoms with Crippen LogP contribution in [0, 0.1) is 0 Å². The Morgan fingerprint density at radius 1 is 1.13 bits per heavy atom. The number of nitrogens with one attached hydrogen (secondary N) is 2. The van der Waals surface area contributed by atoms with Crippen LogP contribution in [-0.2, 0) is 0 Å². The fourth-order valence-corrected chi connectivity index (χ4v) is 3.08. The lowest BCUT2D eigenvalue weighted by Crippen LogP contribution is -2.31. The van der Waals surface area contributed by atoms with Crippen LogP contribution in [0.1, 0.15) is 31.4 Å². The summed E-state index contributed by atoms with van der Waals surface area (Å²) in [5.41, 5.74) is 2.12. The molecule has 0 saturated carbocycles. The van der Waals surface area contributed by atoms with Crippen LogP contribution in [0.3, 0.4) is 0 Å². The Labute approximate surface area is 142 Å². The van der Waals surface area contributed by atoms with Gasteiger partial charge in [0.25, 0.3) is 0 Å². The van der Waals surface area contributed by atoms with Crippen LogP contribution in [0.2, 0.25) is 0 Å². The largest absolute Gasteiger partial charge is 0.357 e. The number of anilines is 2. The molecule has 1 unspecified atom stereocenters. The number of benzene rings is 1. The highest BCUT2D eigenvalue weighted by Crippen LogP contribution is 2.19. The summed E-state index contributed by atoms with van der Waals surface area (Å²) in [6.07, 6.45) is 4.36. The number of rotatable bonds is 4. The summed E-state index contributed by atoms with van der Waals surface area (Å²) in [5.74, 6) is 1.05. The molecule has 0 spiro atoms. The van der Waals surface area contributed by atoms with Gasteiger partial charge in [-0.2, -0.15) is 0 Å². The standard InChI is InChI=1S/C18H22N4S/c1-14(15-7-3-2-4-8-15)20-18(23)21-16-9-10-17(19-13-16)22-11-5-6-12-22/h2-4,7-10,13-14H,5-6,11-12H2,1H3,(H2,20,21,23). The first-order valence-corrected chi connectivity index (χ1v) is 8.46. The molecule has 2 heterocycles. The van der Waals surface area contributed by atoms with E-state index >= 15 is 0 Å². The fraction of sp³-hybridized carbons (Fsp3) is 0.333. The van der Waals surface area contributed by atoms with Crippen LogP contribution in [0.25, 0.3) is 0 Å². The Balaban J connectivity index is 1.55. The normalized spacial score (nSPS) is 15.3. The van der Waals surface area contributed by atoms with Gasteiger partial charge in [-0.1, -0.05) is 30.3 Å². The summed E-state index contributed by atoms with van der Waals surface area (Å²) >= 11 is 5.39. The molecule has 0 radical (unpaired) electrons. The highest BCUT2D eigenvalue weighted by Gasteiger charge is 2.13. The molecule has 0 bridgehead atoms. The zero-order chi connectivity index (χ0) is 16.1. The number of nitrogens with zero attached hydrogens (tertiary/aromatic N) is 2. The molecule has 3 rings (SSSR count). The molecule has 1 aromatic carbocycles. The summed E-state index contributed by atoms with van der Waals surface area (Å²) in [7, 11) is 0. The smallest absolute Gasteiger partial charge is 0.171 e. The van der Waals surface area contributed by atoms with Crippen LogP contribution in [-0.4, -0.2) is 23.2 Å². The number of pyridine rings is 1. The first-order chi connectivity index (χ1) is 11.2. The van der Waals surface area contributed by atoms with Crippen molar-refractivity contribution in [3.05, 3.63) is 54.2 Å². The maximum Gasteiger partial charge on any atom is 0.171 e. The molecule has 4 nitrogen and oxygen atoms in total. The summed E-state index contributed by atoms with van der Waals surface area (Å²) in [6.45, 7) is 4.31. The Hall–Kier alpha value is -2.14. The molecular weight excluding hydrogens is 304 g/mol. The lowest BCUT2D eigenvalue weighted by atomic mass is 10.1. The Morgan fingerprint density at radius 3 is 2.52 bits per heavy atom. The topological polar surface area (TPSA) is 40.2 Å². The average molecular weight is 326 g/mol. The van der Waals surface area contributed by atoms with E-state index in [-0.39, 0.29) is 6.04 Å². The van der Waals surface area contributed by atoms with Crippen molar-refractivity contribution in [2.45, 2.75) is 25.8 Å². The van der Waals surface area contributed by atoms with E-state index in [4.69, 9.17) is 12.2 Å². The minimum Gasteiger partial charge on any atom is -0.357 e. The van der Waals surface area contributed by atoms with E-state index in [9.17, 15) is 0 Å². The highest BCUT2D eigenvalue weighted by atomic mass is 32.1. The molecule has 1 aliphatic heterocycles. The second kappa shape index (κ2) is 7.42. The average Bonchev–Trinajstić information content (AvgIpc) is 3.11. The monoisotopic (exact) mass is 326 g/mol. The molecule has 5 heteroatoms. The number of aromatic nitrogens is 1. The molecule has 0 amide bonds. The van der Waals surface area contributed by atoms with Crippen molar-refractivity contribution in [1.29, 1.82) is 0 Å². The molecule has 0 aliphatic carbocycles. The van der Waals surface area contributed by atoms with E-state index in [2.05, 4.69) is 45.6 Å². The van der Waals surface area contributed by atoms with Gasteiger partial charge in [-0.15, -0.1) is 0 Å². The van der Waals surface area contributed by atoms with Crippen LogP contribution in [0.4, 0.5) is 11.5 Å². The van der Waals surface area contributed by atoms with Gasteiger partial charge in [-0.3, -0.25) is 0 Å². The van der Waals surface area contributed by atoms with Crippen molar-refractivity contribution >= 4 is 28.8 Å². The highest BCUT2D eigenvalue weighted by molar-refractivity contribution is 7.80. The van der Waals surface area contributed by atoms with E-state index in [1.165, 1.54) is 18.4 Å². The van der Waals surface area contributed by atoms with E-state index in [1.54, 1.807) is 0 Å². The van der Waals surface area contributed by atoms with E-state index in [0.717, 1.165) is 24.6 Å². The SMILES string of the molecule is CC(NC(=S)Nc1ccc(N2CCCC2)nc1)c1ccccc1. The predicted octanol–water partition coefficient (Wildman–Crippen LogP) is 3.73. The Kier molecular flexibility index (Phi) is 5.08. The summed E-state index contributed by atoms with van der Waals surface area (Å²) < 4.78 is 0. The number of thiocarbonyl (C=S) groups is 1. The third-order valence-corrected chi connectivity index (χ3v) is 4.30. The van der Waals surface area contributed by atoms with Crippen molar-refractivity contribution in [3.8, 4) is 0 Å². The lowest BCUT2D eigenvalue weighted by molar-refractivity contribution is 0.722. The lowest BCUT2D eigenvalue weighted by Gasteiger charge is -2.18. The third kappa shape index (κ3) is 4.20. The van der Waals surface area contributed by atoms with Crippen molar-refractivity contribution in [1.82, 2.24) is 10.3 Å². The molecule has 1 saturated heterocycles. The first-order valence-electron chi connectivity index (χ1n) is 8.06. The van der Waals surface area contributed by atoms with Crippen LogP contribution in [0.15, 0.2) is 48.7 Å². The van der Waals surface area contributed by atoms with Gasteiger partial charge < -0.3 is 15.5 Å². The third-order valence-electron chi connectivity index (χ3n) is 4.08. The van der Waals surface area contributed by atoms with Crippen LogP contribution < -0.4 is 15.5 Å². The van der Waals surface area contributed by atoms with Gasteiger partial charge >= 0.3 is 0 Å². The maximum atomic E-state index is 5.39. The predicted molar refractivity (Wildman–Crippen MR) is 99.9 cm³/mol. The minimum absolute atomic E-state index is 0.160. The second-order valence-corrected chi connectivity index (χ2v) is 6.24. The summed E-state index contributed by atoms with van der Waals surface area (Å²) in [4.78, 5) is 6.84. The van der Waals surface area contributed by atoms with Crippen molar-refractivity contribution in [3.63, 3.8) is 0 Å². The Bertz CT molecular complexity index is 636. The molecule has 1 aliphatic rings. The zero-order valence-electron chi connectivity index (χ0n) is 13.3. The Morgan fingerprint density at radius 2 is 1.87 bits per heavy atom. The molecule has 1 fully saturated rings. The van der Waals surface area contributed by atoms with Gasteiger partial charge in [0.1, 0.15) is 5.82 Å². The fourth-order valence-electron chi connectivity index (χ4n) is 2.78. The minimum atomic E-state index is 0.160. The molecule has 2 N–H and O–H groups in total. The van der Waals surface area contributed by atoms with Crippen LogP contribution in [0.5, 0.6) is 0 Å². The molecule has 1 atom stereocenters. The molecule has 120 valence electrons. The van der Waals surface area contributed by atoms with Crippen molar-refractivity contribution in [2.24, 2.45) is 0 Å². The van der Waals surface area contributed by atoms with E-state index in [0.29, 0.717) is 5.11 Å². The van der Waals surface area contributed by atoms with E-state index in [1.807, 2.05) is 30.5 Å². The van der Waals surface area contributed by atoms with Gasteiger partial charge in [0.15, 0.2) is 5.11 Å². The maximum absolute atomic E-state index is 5.39. The first kappa shape index (κ1) is 15.7. The number of hydrogen-bond acceptors (Lipinski definition) is 3. The molecule has 23 heavy (non-hydrogen) atoms. The molecule has 2 aromatic rings. The number of hydrogen-bond donors (Lipinski definition) is 2. The van der Waals surface area contributed by atoms with Crippen LogP contribution >= 0.6 is 12.2 Å². The van der Waals surface area contributed by atoms with Gasteiger partial charge in [0.2, 0.25) is 0 Å². The molecular formula is C18H22N4S. The van der Waals surface area contributed by atoms with E-state index < -0.39 is 0 Å². The van der Waals surface area contributed by atoms with Gasteiger partial charge in [-0.05, 0) is 49.7 Å². The second-order valence-electron chi connectivity index (χ2n) is 5.83. The van der Waals surface area contributed by atoms with Gasteiger partial charge in [0, 0.05) is 13.1 Å².